The molecule has 106 valence electrons. The highest BCUT2D eigenvalue weighted by molar-refractivity contribution is 5.77. The molecule has 6 nitrogen and oxygen atoms in total. The largest absolute Gasteiger partial charge is 0.464 e. The summed E-state index contributed by atoms with van der Waals surface area (Å²) in [4.78, 5) is 23.1. The molecular formula is C12H24N2O4. The zero-order chi connectivity index (χ0) is 14.2. The Morgan fingerprint density at radius 2 is 1.89 bits per heavy atom. The number of carbonyl (C=O) groups excluding carboxylic acids is 2. The van der Waals surface area contributed by atoms with Crippen molar-refractivity contribution >= 4 is 12.1 Å². The first kappa shape index (κ1) is 16.7. The number of nitrogens with one attached hydrogen (secondary N) is 1. The number of carbonyl (C=O) groups is 2. The quantitative estimate of drug-likeness (QED) is 0.447. The van der Waals surface area contributed by atoms with Gasteiger partial charge in [-0.1, -0.05) is 13.3 Å². The molecule has 0 aliphatic heterocycles. The molecule has 0 aromatic rings. The fourth-order valence-corrected chi connectivity index (χ4v) is 1.06. The van der Waals surface area contributed by atoms with Crippen molar-refractivity contribution in [2.75, 3.05) is 20.2 Å². The number of hydrazine groups is 1. The topological polar surface area (TPSA) is 67.9 Å². The van der Waals surface area contributed by atoms with Crippen LogP contribution in [0.25, 0.3) is 0 Å². The van der Waals surface area contributed by atoms with Crippen molar-refractivity contribution in [3.63, 3.8) is 0 Å². The van der Waals surface area contributed by atoms with Gasteiger partial charge in [-0.05, 0) is 27.2 Å². The number of hydrogen-bond acceptors (Lipinski definition) is 5. The third-order valence-corrected chi connectivity index (χ3v) is 1.93. The summed E-state index contributed by atoms with van der Waals surface area (Å²) in [7, 11) is 1.54. The van der Waals surface area contributed by atoms with Gasteiger partial charge in [-0.25, -0.2) is 15.2 Å². The summed E-state index contributed by atoms with van der Waals surface area (Å²) in [5.74, 6) is -0.455. The zero-order valence-corrected chi connectivity index (χ0v) is 11.9. The van der Waals surface area contributed by atoms with Crippen molar-refractivity contribution < 1.29 is 19.1 Å². The number of amides is 1. The summed E-state index contributed by atoms with van der Waals surface area (Å²) >= 11 is 0. The molecule has 6 heteroatoms. The first-order valence-electron chi connectivity index (χ1n) is 6.13. The minimum Gasteiger partial charge on any atom is -0.464 e. The predicted molar refractivity (Wildman–Crippen MR) is 67.9 cm³/mol. The fraction of sp³-hybridized carbons (Fsp3) is 0.833. The maximum atomic E-state index is 11.7. The van der Waals surface area contributed by atoms with Crippen LogP contribution >= 0.6 is 0 Å². The lowest BCUT2D eigenvalue weighted by molar-refractivity contribution is -0.145. The maximum absolute atomic E-state index is 11.7. The van der Waals surface area contributed by atoms with E-state index in [2.05, 4.69) is 5.43 Å². The van der Waals surface area contributed by atoms with Gasteiger partial charge in [0.2, 0.25) is 0 Å². The monoisotopic (exact) mass is 260 g/mol. The van der Waals surface area contributed by atoms with Crippen molar-refractivity contribution in [2.24, 2.45) is 0 Å². The van der Waals surface area contributed by atoms with Crippen LogP contribution in [0.4, 0.5) is 4.79 Å². The van der Waals surface area contributed by atoms with Gasteiger partial charge < -0.3 is 9.47 Å². The molecule has 0 fully saturated rings. The van der Waals surface area contributed by atoms with Crippen LogP contribution in [0, 0.1) is 0 Å². The van der Waals surface area contributed by atoms with Gasteiger partial charge in [0.05, 0.1) is 6.61 Å². The van der Waals surface area contributed by atoms with E-state index in [1.807, 2.05) is 6.92 Å². The molecule has 0 bridgehead atoms. The molecule has 0 radical (unpaired) electrons. The van der Waals surface area contributed by atoms with Crippen LogP contribution in [-0.4, -0.2) is 42.9 Å². The van der Waals surface area contributed by atoms with E-state index in [1.54, 1.807) is 27.8 Å². The molecule has 0 aliphatic rings. The second-order valence-electron chi connectivity index (χ2n) is 4.86. The smallest absolute Gasteiger partial charge is 0.425 e. The molecule has 0 aromatic heterocycles. The van der Waals surface area contributed by atoms with Gasteiger partial charge in [-0.15, -0.1) is 0 Å². The normalized spacial score (nSPS) is 10.9. The molecule has 0 heterocycles. The molecule has 0 atom stereocenters. The van der Waals surface area contributed by atoms with Crippen molar-refractivity contribution in [3.8, 4) is 0 Å². The first-order valence-corrected chi connectivity index (χ1v) is 6.13. The van der Waals surface area contributed by atoms with Gasteiger partial charge in [-0.3, -0.25) is 4.79 Å². The summed E-state index contributed by atoms with van der Waals surface area (Å²) in [5, 5.41) is 1.08. The number of rotatable bonds is 6. The molecule has 1 N–H and O–H groups in total. The average molecular weight is 260 g/mol. The lowest BCUT2D eigenvalue weighted by atomic mass is 10.2. The molecule has 0 saturated heterocycles. The summed E-state index contributed by atoms with van der Waals surface area (Å²) in [6.07, 6.45) is 1.17. The predicted octanol–water partition coefficient (Wildman–Crippen LogP) is 1.70. The molecule has 1 amide bonds. The molecule has 0 aromatic carbocycles. The SMILES string of the molecule is CCCCOC(=O)CN(NC)C(=O)OC(C)(C)C. The minimum absolute atomic E-state index is 0.172. The van der Waals surface area contributed by atoms with E-state index in [1.165, 1.54) is 0 Å². The summed E-state index contributed by atoms with van der Waals surface area (Å²) in [6.45, 7) is 7.50. The Morgan fingerprint density at radius 3 is 2.33 bits per heavy atom. The van der Waals surface area contributed by atoms with Crippen molar-refractivity contribution in [2.45, 2.75) is 46.1 Å². The highest BCUT2D eigenvalue weighted by Gasteiger charge is 2.23. The molecule has 0 saturated carbocycles. The molecular weight excluding hydrogens is 236 g/mol. The first-order chi connectivity index (χ1) is 8.30. The number of esters is 1. The van der Waals surface area contributed by atoms with E-state index in [-0.39, 0.29) is 6.54 Å². The maximum Gasteiger partial charge on any atom is 0.425 e. The molecule has 0 aliphatic carbocycles. The Hall–Kier alpha value is -1.30. The second-order valence-corrected chi connectivity index (χ2v) is 4.86. The fourth-order valence-electron chi connectivity index (χ4n) is 1.06. The van der Waals surface area contributed by atoms with Crippen LogP contribution < -0.4 is 5.43 Å². The second kappa shape index (κ2) is 7.92. The Morgan fingerprint density at radius 1 is 1.28 bits per heavy atom. The van der Waals surface area contributed by atoms with Crippen LogP contribution in [0.2, 0.25) is 0 Å². The van der Waals surface area contributed by atoms with E-state index in [4.69, 9.17) is 9.47 Å². The van der Waals surface area contributed by atoms with Gasteiger partial charge in [0, 0.05) is 7.05 Å². The van der Waals surface area contributed by atoms with Crippen molar-refractivity contribution in [1.82, 2.24) is 10.4 Å². The van der Waals surface area contributed by atoms with Crippen LogP contribution in [0.15, 0.2) is 0 Å². The van der Waals surface area contributed by atoms with Crippen LogP contribution in [0.5, 0.6) is 0 Å². The number of hydrogen-bond donors (Lipinski definition) is 1. The Labute approximate surface area is 109 Å². The third kappa shape index (κ3) is 7.89. The lowest BCUT2D eigenvalue weighted by Gasteiger charge is -2.25. The standard InChI is InChI=1S/C12H24N2O4/c1-6-7-8-17-10(15)9-14(13-5)11(16)18-12(2,3)4/h13H,6-9H2,1-5H3. The van der Waals surface area contributed by atoms with Gasteiger partial charge in [0.15, 0.2) is 0 Å². The van der Waals surface area contributed by atoms with E-state index >= 15 is 0 Å². The van der Waals surface area contributed by atoms with Gasteiger partial charge in [0.25, 0.3) is 0 Å². The lowest BCUT2D eigenvalue weighted by Crippen LogP contribution is -2.46. The molecule has 18 heavy (non-hydrogen) atoms. The van der Waals surface area contributed by atoms with Crippen LogP contribution in [0.3, 0.4) is 0 Å². The van der Waals surface area contributed by atoms with Gasteiger partial charge in [0.1, 0.15) is 12.1 Å². The number of ether oxygens (including phenoxy) is 2. The highest BCUT2D eigenvalue weighted by atomic mass is 16.6. The Balaban J connectivity index is 4.17. The van der Waals surface area contributed by atoms with Gasteiger partial charge in [-0.2, -0.15) is 0 Å². The average Bonchev–Trinajstić information content (AvgIpc) is 2.23. The van der Waals surface area contributed by atoms with Crippen LogP contribution in [0.1, 0.15) is 40.5 Å². The van der Waals surface area contributed by atoms with Crippen molar-refractivity contribution in [3.05, 3.63) is 0 Å². The van der Waals surface area contributed by atoms with E-state index in [9.17, 15) is 9.59 Å². The van der Waals surface area contributed by atoms with Gasteiger partial charge >= 0.3 is 12.1 Å². The van der Waals surface area contributed by atoms with Crippen molar-refractivity contribution in [1.29, 1.82) is 0 Å². The van der Waals surface area contributed by atoms with E-state index in [0.717, 1.165) is 17.9 Å². The Kier molecular flexibility index (Phi) is 7.35. The highest BCUT2D eigenvalue weighted by Crippen LogP contribution is 2.08. The minimum atomic E-state index is -0.600. The molecule has 0 spiro atoms. The zero-order valence-electron chi connectivity index (χ0n) is 11.9. The molecule has 0 unspecified atom stereocenters. The summed E-state index contributed by atoms with van der Waals surface area (Å²) in [5.41, 5.74) is 2.00. The third-order valence-electron chi connectivity index (χ3n) is 1.93. The van der Waals surface area contributed by atoms with E-state index < -0.39 is 17.7 Å². The number of unbranched alkanes of at least 4 members (excludes halogenated alkanes) is 1. The number of nitrogens with zero attached hydrogens (tertiary/aromatic N) is 1. The molecule has 0 rings (SSSR count). The van der Waals surface area contributed by atoms with E-state index in [0.29, 0.717) is 6.61 Å². The van der Waals surface area contributed by atoms with Crippen LogP contribution in [-0.2, 0) is 14.3 Å². The summed E-state index contributed by atoms with van der Waals surface area (Å²) in [6, 6.07) is 0. The summed E-state index contributed by atoms with van der Waals surface area (Å²) < 4.78 is 10.1. The Bertz CT molecular complexity index is 274.